The lowest BCUT2D eigenvalue weighted by atomic mass is 9.92. The number of hydrogen-bond acceptors (Lipinski definition) is 6. The number of hydrogen-bond donors (Lipinski definition) is 3. The normalized spacial score (nSPS) is 26.4. The van der Waals surface area contributed by atoms with Gasteiger partial charge >= 0.3 is 0 Å². The quantitative estimate of drug-likeness (QED) is 0.135. The predicted octanol–water partition coefficient (Wildman–Crippen LogP) is 7.53. The third-order valence-electron chi connectivity index (χ3n) is 12.3. The molecule has 4 aromatic carbocycles. The van der Waals surface area contributed by atoms with Crippen LogP contribution < -0.4 is 14.8 Å². The number of benzene rings is 4. The maximum Gasteiger partial charge on any atom is 0.229 e. The van der Waals surface area contributed by atoms with Crippen LogP contribution in [0.3, 0.4) is 0 Å². The van der Waals surface area contributed by atoms with Crippen LogP contribution in [0.25, 0.3) is 0 Å². The van der Waals surface area contributed by atoms with Crippen molar-refractivity contribution in [2.75, 3.05) is 60.0 Å². The van der Waals surface area contributed by atoms with Crippen molar-refractivity contribution in [1.29, 1.82) is 0 Å². The summed E-state index contributed by atoms with van der Waals surface area (Å²) in [6.07, 6.45) is 4.60. The standard InChI is InChI=1S/C22H28N2O2S.C13H18N2O2S.C9H11Br/c1-16-6-4-7-17(12-16)10-11-24-14-20-21(15-24)22(20,2)18-8-5-9-19(13-18)23-27(3,25)26;1-13(11-7-14-8-12(11)13)9-4-3-5-10(6-9)15-18(2,16)17;1-8-3-2-4-9(7-8)5-6-10/h4-9,12-13,20-21,23H,10-11,14-15H2,1-3H3;3-6,11-12,14-15H,7-8H2,1-2H3;2-4,7H,5-6H2,1H3. The maximum absolute atomic E-state index is 11.5. The summed E-state index contributed by atoms with van der Waals surface area (Å²) >= 11 is 3.41. The molecule has 2 aliphatic heterocycles. The van der Waals surface area contributed by atoms with Gasteiger partial charge in [-0.1, -0.05) is 114 Å². The van der Waals surface area contributed by atoms with Gasteiger partial charge in [0.2, 0.25) is 20.0 Å². The lowest BCUT2D eigenvalue weighted by Crippen LogP contribution is -2.30. The Labute approximate surface area is 338 Å². The van der Waals surface area contributed by atoms with Crippen LogP contribution in [0, 0.1) is 37.5 Å². The average Bonchev–Trinajstić information content (AvgIpc) is 3.57. The Kier molecular flexibility index (Phi) is 12.6. The van der Waals surface area contributed by atoms with Crippen molar-refractivity contribution in [1.82, 2.24) is 10.2 Å². The summed E-state index contributed by atoms with van der Waals surface area (Å²) in [7, 11) is -6.44. The van der Waals surface area contributed by atoms with Crippen LogP contribution >= 0.6 is 15.9 Å². The summed E-state index contributed by atoms with van der Waals surface area (Å²) in [4.78, 5) is 2.58. The predicted molar refractivity (Wildman–Crippen MR) is 231 cm³/mol. The highest BCUT2D eigenvalue weighted by Gasteiger charge is 2.65. The van der Waals surface area contributed by atoms with E-state index in [4.69, 9.17) is 0 Å². The number of halogens is 1. The molecular weight excluding hydrogens is 793 g/mol. The number of likely N-dealkylation sites (tertiary alicyclic amines) is 1. The maximum atomic E-state index is 11.5. The van der Waals surface area contributed by atoms with Crippen LogP contribution in [-0.2, 0) is 43.7 Å². The third kappa shape index (κ3) is 10.2. The van der Waals surface area contributed by atoms with Crippen LogP contribution in [0.15, 0.2) is 97.1 Å². The molecule has 2 aliphatic carbocycles. The molecule has 4 aliphatic rings. The van der Waals surface area contributed by atoms with E-state index in [9.17, 15) is 16.8 Å². The van der Waals surface area contributed by atoms with Crippen molar-refractivity contribution in [3.63, 3.8) is 0 Å². The van der Waals surface area contributed by atoms with E-state index in [1.807, 2.05) is 30.3 Å². The number of sulfonamides is 2. The molecule has 11 heteroatoms. The molecular formula is C44H57BrN4O4S2. The zero-order valence-electron chi connectivity index (χ0n) is 33.0. The highest BCUT2D eigenvalue weighted by molar-refractivity contribution is 9.09. The Morgan fingerprint density at radius 2 is 1.09 bits per heavy atom. The molecule has 4 fully saturated rings. The molecule has 4 aromatic rings. The summed E-state index contributed by atoms with van der Waals surface area (Å²) < 4.78 is 50.7. The van der Waals surface area contributed by atoms with Crippen LogP contribution in [0.5, 0.6) is 0 Å². The van der Waals surface area contributed by atoms with Gasteiger partial charge in [-0.3, -0.25) is 9.44 Å². The second-order valence-electron chi connectivity index (χ2n) is 16.5. The van der Waals surface area contributed by atoms with E-state index in [1.54, 1.807) is 6.07 Å². The fraction of sp³-hybridized carbons (Fsp3) is 0.455. The molecule has 0 spiro atoms. The van der Waals surface area contributed by atoms with Gasteiger partial charge in [0.15, 0.2) is 0 Å². The van der Waals surface area contributed by atoms with E-state index in [0.29, 0.717) is 35.0 Å². The number of alkyl halides is 1. The second kappa shape index (κ2) is 16.7. The lowest BCUT2D eigenvalue weighted by molar-refractivity contribution is 0.281. The first-order valence-corrected chi connectivity index (χ1v) is 24.2. The van der Waals surface area contributed by atoms with Gasteiger partial charge in [0.1, 0.15) is 0 Å². The first-order valence-electron chi connectivity index (χ1n) is 19.3. The minimum Gasteiger partial charge on any atom is -0.316 e. The molecule has 8 rings (SSSR count). The zero-order chi connectivity index (χ0) is 39.6. The molecule has 4 atom stereocenters. The van der Waals surface area contributed by atoms with Gasteiger partial charge in [-0.2, -0.15) is 0 Å². The average molecular weight is 850 g/mol. The largest absolute Gasteiger partial charge is 0.316 e. The van der Waals surface area contributed by atoms with Crippen molar-refractivity contribution >= 4 is 47.4 Å². The summed E-state index contributed by atoms with van der Waals surface area (Å²) in [6.45, 7) is 14.4. The number of piperidine rings is 2. The first-order chi connectivity index (χ1) is 26.0. The fourth-order valence-corrected chi connectivity index (χ4v) is 10.8. The molecule has 2 saturated carbocycles. The van der Waals surface area contributed by atoms with Gasteiger partial charge in [0.05, 0.1) is 12.5 Å². The molecule has 0 radical (unpaired) electrons. The fourth-order valence-electron chi connectivity index (χ4n) is 9.20. The molecule has 0 aromatic heterocycles. The molecule has 55 heavy (non-hydrogen) atoms. The van der Waals surface area contributed by atoms with Crippen molar-refractivity contribution in [3.8, 4) is 0 Å². The number of anilines is 2. The number of rotatable bonds is 11. The number of nitrogens with one attached hydrogen (secondary N) is 3. The number of nitrogens with zero attached hydrogens (tertiary/aromatic N) is 1. The van der Waals surface area contributed by atoms with Gasteiger partial charge in [-0.05, 0) is 110 Å². The van der Waals surface area contributed by atoms with Crippen molar-refractivity contribution in [3.05, 3.63) is 130 Å². The van der Waals surface area contributed by atoms with Crippen LogP contribution in [0.4, 0.5) is 11.4 Å². The topological polar surface area (TPSA) is 108 Å². The minimum atomic E-state index is -3.24. The summed E-state index contributed by atoms with van der Waals surface area (Å²) in [5.41, 5.74) is 9.72. The molecule has 0 amide bonds. The molecule has 4 unspecified atom stereocenters. The van der Waals surface area contributed by atoms with Crippen LogP contribution in [-0.4, -0.2) is 72.3 Å². The number of fused-ring (bicyclic) bond motifs is 2. The van der Waals surface area contributed by atoms with E-state index in [1.165, 1.54) is 45.9 Å². The van der Waals surface area contributed by atoms with Crippen LogP contribution in [0.1, 0.15) is 47.2 Å². The molecule has 0 bridgehead atoms. The van der Waals surface area contributed by atoms with Crippen molar-refractivity contribution < 1.29 is 16.8 Å². The Hall–Kier alpha value is -3.22. The zero-order valence-corrected chi connectivity index (χ0v) is 36.2. The SMILES string of the molecule is CC1(c2cccc(NS(C)(=O)=O)c2)C2CNCC21.Cc1cccc(CCBr)c1.Cc1cccc(CCN2CC3C(C2)C3(C)c2cccc(NS(C)(=O)=O)c2)c1. The van der Waals surface area contributed by atoms with Crippen molar-refractivity contribution in [2.45, 2.75) is 51.4 Å². The monoisotopic (exact) mass is 848 g/mol. The Bertz CT molecular complexity index is 2170. The first kappa shape index (κ1) is 41.4. The lowest BCUT2D eigenvalue weighted by Gasteiger charge is -2.25. The van der Waals surface area contributed by atoms with Crippen molar-refractivity contribution in [2.24, 2.45) is 23.7 Å². The van der Waals surface area contributed by atoms with E-state index in [0.717, 1.165) is 50.9 Å². The summed E-state index contributed by atoms with van der Waals surface area (Å²) in [5, 5.41) is 4.44. The molecule has 2 heterocycles. The van der Waals surface area contributed by atoms with Gasteiger partial charge in [-0.25, -0.2) is 16.8 Å². The van der Waals surface area contributed by atoms with Gasteiger partial charge in [0.25, 0.3) is 0 Å². The third-order valence-corrected chi connectivity index (χ3v) is 13.9. The highest BCUT2D eigenvalue weighted by Crippen LogP contribution is 2.63. The van der Waals surface area contributed by atoms with E-state index < -0.39 is 20.0 Å². The molecule has 8 nitrogen and oxygen atoms in total. The van der Waals surface area contributed by atoms with E-state index in [2.05, 4.69) is 124 Å². The minimum absolute atomic E-state index is 0.176. The van der Waals surface area contributed by atoms with Gasteiger partial charge < -0.3 is 10.2 Å². The van der Waals surface area contributed by atoms with E-state index in [-0.39, 0.29) is 10.8 Å². The summed E-state index contributed by atoms with van der Waals surface area (Å²) in [6, 6.07) is 33.1. The highest BCUT2D eigenvalue weighted by atomic mass is 79.9. The Morgan fingerprint density at radius 3 is 1.53 bits per heavy atom. The van der Waals surface area contributed by atoms with Gasteiger partial charge in [0, 0.05) is 47.2 Å². The second-order valence-corrected chi connectivity index (χ2v) is 20.8. The molecule has 296 valence electrons. The Balaban J connectivity index is 0.000000157. The smallest absolute Gasteiger partial charge is 0.229 e. The summed E-state index contributed by atoms with van der Waals surface area (Å²) in [5.74, 6) is 2.74. The molecule has 3 N–H and O–H groups in total. The van der Waals surface area contributed by atoms with Crippen LogP contribution in [0.2, 0.25) is 0 Å². The number of aryl methyl sites for hydroxylation is 3. The Morgan fingerprint density at radius 1 is 0.655 bits per heavy atom. The molecule has 2 saturated heterocycles. The van der Waals surface area contributed by atoms with E-state index >= 15 is 0 Å². The van der Waals surface area contributed by atoms with Gasteiger partial charge in [-0.15, -0.1) is 0 Å².